The molecule has 3 N–H and O–H groups in total. The molecule has 1 heterocycles. The highest BCUT2D eigenvalue weighted by molar-refractivity contribution is 5.94. The van der Waals surface area contributed by atoms with E-state index >= 15 is 0 Å². The second-order valence-electron chi connectivity index (χ2n) is 6.39. The third kappa shape index (κ3) is 5.35. The van der Waals surface area contributed by atoms with Crippen LogP contribution in [-0.4, -0.2) is 27.3 Å². The lowest BCUT2D eigenvalue weighted by Crippen LogP contribution is -2.40. The maximum atomic E-state index is 12.0. The highest BCUT2D eigenvalue weighted by Crippen LogP contribution is 2.18. The van der Waals surface area contributed by atoms with E-state index in [1.165, 1.54) is 19.3 Å². The van der Waals surface area contributed by atoms with Crippen LogP contribution in [0.25, 0.3) is 0 Å². The lowest BCUT2D eigenvalue weighted by molar-refractivity contribution is -0.114. The number of rotatable bonds is 4. The molecule has 0 aliphatic heterocycles. The quantitative estimate of drug-likeness (QED) is 0.802. The van der Waals surface area contributed by atoms with Crippen molar-refractivity contribution in [2.45, 2.75) is 33.2 Å². The third-order valence-electron chi connectivity index (χ3n) is 2.84. The van der Waals surface area contributed by atoms with Gasteiger partial charge in [0.15, 0.2) is 0 Å². The van der Waals surface area contributed by atoms with Gasteiger partial charge in [0, 0.05) is 36.2 Å². The molecule has 1 aromatic heterocycles. The molecular weight excluding hydrogens is 306 g/mol. The fourth-order valence-electron chi connectivity index (χ4n) is 1.93. The Hall–Kier alpha value is -2.96. The van der Waals surface area contributed by atoms with Crippen LogP contribution >= 0.6 is 0 Å². The first-order valence-electron chi connectivity index (χ1n) is 7.52. The van der Waals surface area contributed by atoms with Crippen molar-refractivity contribution in [1.82, 2.24) is 15.3 Å². The highest BCUT2D eigenvalue weighted by Gasteiger charge is 2.15. The second kappa shape index (κ2) is 7.08. The molecule has 24 heavy (non-hydrogen) atoms. The largest absolute Gasteiger partial charge is 0.347 e. The standard InChI is InChI=1S/C17H21N5O2/c1-11(23)20-13-6-5-7-14(8-13)21-16-18-9-12(10-19-16)15(24)22-17(2,3)4/h5-10H,1-4H3,(H,20,23)(H,22,24)(H,18,19,21). The van der Waals surface area contributed by atoms with Crippen LogP contribution in [0.4, 0.5) is 17.3 Å². The summed E-state index contributed by atoms with van der Waals surface area (Å²) in [4.78, 5) is 31.4. The van der Waals surface area contributed by atoms with Crippen molar-refractivity contribution in [3.63, 3.8) is 0 Å². The number of carbonyl (C=O) groups excluding carboxylic acids is 2. The zero-order chi connectivity index (χ0) is 17.7. The maximum absolute atomic E-state index is 12.0. The molecule has 0 fully saturated rings. The van der Waals surface area contributed by atoms with E-state index in [1.54, 1.807) is 18.2 Å². The van der Waals surface area contributed by atoms with E-state index in [1.807, 2.05) is 26.8 Å². The summed E-state index contributed by atoms with van der Waals surface area (Å²) in [6.07, 6.45) is 2.93. The van der Waals surface area contributed by atoms with Gasteiger partial charge >= 0.3 is 0 Å². The summed E-state index contributed by atoms with van der Waals surface area (Å²) in [7, 11) is 0. The molecule has 0 atom stereocenters. The number of nitrogens with zero attached hydrogens (tertiary/aromatic N) is 2. The topological polar surface area (TPSA) is 96.0 Å². The third-order valence-corrected chi connectivity index (χ3v) is 2.84. The molecule has 0 unspecified atom stereocenters. The maximum Gasteiger partial charge on any atom is 0.254 e. The SMILES string of the molecule is CC(=O)Nc1cccc(Nc2ncc(C(=O)NC(C)(C)C)cn2)c1. The minimum Gasteiger partial charge on any atom is -0.347 e. The fraction of sp³-hybridized carbons (Fsp3) is 0.294. The second-order valence-corrected chi connectivity index (χ2v) is 6.39. The minimum absolute atomic E-state index is 0.141. The molecule has 126 valence electrons. The summed E-state index contributed by atoms with van der Waals surface area (Å²) in [6.45, 7) is 7.17. The van der Waals surface area contributed by atoms with E-state index in [0.29, 0.717) is 17.2 Å². The molecule has 0 aliphatic rings. The lowest BCUT2D eigenvalue weighted by atomic mass is 10.1. The first-order chi connectivity index (χ1) is 11.2. The molecule has 0 spiro atoms. The highest BCUT2D eigenvalue weighted by atomic mass is 16.2. The normalized spacial score (nSPS) is 10.8. The van der Waals surface area contributed by atoms with Crippen LogP contribution in [0.2, 0.25) is 0 Å². The number of aromatic nitrogens is 2. The van der Waals surface area contributed by atoms with E-state index in [0.717, 1.165) is 5.69 Å². The van der Waals surface area contributed by atoms with Gasteiger partial charge in [0.05, 0.1) is 5.56 Å². The Labute approximate surface area is 140 Å². The average molecular weight is 327 g/mol. The van der Waals surface area contributed by atoms with Gasteiger partial charge in [-0.1, -0.05) is 6.07 Å². The summed E-state index contributed by atoms with van der Waals surface area (Å²) in [5, 5.41) is 8.58. The van der Waals surface area contributed by atoms with Crippen LogP contribution in [0, 0.1) is 0 Å². The summed E-state index contributed by atoms with van der Waals surface area (Å²) in [5.41, 5.74) is 1.47. The van der Waals surface area contributed by atoms with Crippen LogP contribution in [0.15, 0.2) is 36.7 Å². The fourth-order valence-corrected chi connectivity index (χ4v) is 1.93. The number of anilines is 3. The van der Waals surface area contributed by atoms with E-state index in [2.05, 4.69) is 25.9 Å². The molecule has 2 amide bonds. The molecule has 0 radical (unpaired) electrons. The summed E-state index contributed by atoms with van der Waals surface area (Å²) >= 11 is 0. The van der Waals surface area contributed by atoms with Crippen molar-refractivity contribution in [1.29, 1.82) is 0 Å². The molecule has 0 bridgehead atoms. The van der Waals surface area contributed by atoms with Crippen molar-refractivity contribution in [2.24, 2.45) is 0 Å². The van der Waals surface area contributed by atoms with Gasteiger partial charge < -0.3 is 16.0 Å². The van der Waals surface area contributed by atoms with Gasteiger partial charge in [-0.2, -0.15) is 0 Å². The van der Waals surface area contributed by atoms with Crippen LogP contribution in [0.3, 0.4) is 0 Å². The van der Waals surface area contributed by atoms with Crippen molar-refractivity contribution >= 4 is 29.1 Å². The first kappa shape index (κ1) is 17.4. The number of hydrogen-bond donors (Lipinski definition) is 3. The molecule has 7 heteroatoms. The van der Waals surface area contributed by atoms with Gasteiger partial charge in [0.2, 0.25) is 11.9 Å². The molecular formula is C17H21N5O2. The van der Waals surface area contributed by atoms with Gasteiger partial charge in [-0.15, -0.1) is 0 Å². The van der Waals surface area contributed by atoms with E-state index < -0.39 is 0 Å². The monoisotopic (exact) mass is 327 g/mol. The Bertz CT molecular complexity index is 735. The first-order valence-corrected chi connectivity index (χ1v) is 7.52. The predicted octanol–water partition coefficient (Wildman–Crippen LogP) is 2.71. The molecule has 2 rings (SSSR count). The van der Waals surface area contributed by atoms with Crippen LogP contribution in [0.1, 0.15) is 38.1 Å². The van der Waals surface area contributed by atoms with Crippen LogP contribution in [0.5, 0.6) is 0 Å². The number of nitrogens with one attached hydrogen (secondary N) is 3. The number of carbonyl (C=O) groups is 2. The summed E-state index contributed by atoms with van der Waals surface area (Å²) in [6, 6.07) is 7.19. The zero-order valence-corrected chi connectivity index (χ0v) is 14.2. The average Bonchev–Trinajstić information content (AvgIpc) is 2.46. The van der Waals surface area contributed by atoms with Crippen molar-refractivity contribution in [3.05, 3.63) is 42.2 Å². The number of benzene rings is 1. The van der Waals surface area contributed by atoms with Gasteiger partial charge in [-0.05, 0) is 39.0 Å². The number of amides is 2. The van der Waals surface area contributed by atoms with Gasteiger partial charge in [0.1, 0.15) is 0 Å². The smallest absolute Gasteiger partial charge is 0.254 e. The van der Waals surface area contributed by atoms with Crippen LogP contribution < -0.4 is 16.0 Å². The Morgan fingerprint density at radius 2 is 1.67 bits per heavy atom. The van der Waals surface area contributed by atoms with Crippen molar-refractivity contribution < 1.29 is 9.59 Å². The zero-order valence-electron chi connectivity index (χ0n) is 14.2. The van der Waals surface area contributed by atoms with Gasteiger partial charge in [0.25, 0.3) is 5.91 Å². The van der Waals surface area contributed by atoms with Gasteiger partial charge in [-0.25, -0.2) is 9.97 Å². The van der Waals surface area contributed by atoms with Crippen molar-refractivity contribution in [2.75, 3.05) is 10.6 Å². The van der Waals surface area contributed by atoms with E-state index in [-0.39, 0.29) is 17.4 Å². The Morgan fingerprint density at radius 1 is 1.04 bits per heavy atom. The van der Waals surface area contributed by atoms with E-state index in [4.69, 9.17) is 0 Å². The molecule has 0 saturated heterocycles. The summed E-state index contributed by atoms with van der Waals surface area (Å²) in [5.74, 6) is 0.00148. The minimum atomic E-state index is -0.321. The molecule has 1 aromatic carbocycles. The van der Waals surface area contributed by atoms with Crippen molar-refractivity contribution in [3.8, 4) is 0 Å². The lowest BCUT2D eigenvalue weighted by Gasteiger charge is -2.20. The Kier molecular flexibility index (Phi) is 5.13. The molecule has 7 nitrogen and oxygen atoms in total. The van der Waals surface area contributed by atoms with E-state index in [9.17, 15) is 9.59 Å². The Balaban J connectivity index is 2.06. The predicted molar refractivity (Wildman–Crippen MR) is 93.3 cm³/mol. The van der Waals surface area contributed by atoms with Gasteiger partial charge in [-0.3, -0.25) is 9.59 Å². The molecule has 2 aromatic rings. The summed E-state index contributed by atoms with van der Waals surface area (Å²) < 4.78 is 0. The Morgan fingerprint density at radius 3 is 2.25 bits per heavy atom. The number of hydrogen-bond acceptors (Lipinski definition) is 5. The molecule has 0 aliphatic carbocycles. The van der Waals surface area contributed by atoms with Crippen LogP contribution in [-0.2, 0) is 4.79 Å². The molecule has 0 saturated carbocycles.